The number of amides is 2. The van der Waals surface area contributed by atoms with E-state index >= 15 is 0 Å². The number of ether oxygens (including phenoxy) is 2. The van der Waals surface area contributed by atoms with Crippen LogP contribution < -0.4 is 16.1 Å². The third-order valence-electron chi connectivity index (χ3n) is 4.82. The zero-order chi connectivity index (χ0) is 22.3. The van der Waals surface area contributed by atoms with Crippen LogP contribution in [0.15, 0.2) is 18.2 Å². The predicted octanol–water partition coefficient (Wildman–Crippen LogP) is 2.86. The summed E-state index contributed by atoms with van der Waals surface area (Å²) < 4.78 is 10.7. The average Bonchev–Trinajstić information content (AvgIpc) is 3.02. The lowest BCUT2D eigenvalue weighted by molar-refractivity contribution is 0.0247. The van der Waals surface area contributed by atoms with Crippen molar-refractivity contribution in [1.29, 1.82) is 0 Å². The van der Waals surface area contributed by atoms with E-state index < -0.39 is 5.60 Å². The van der Waals surface area contributed by atoms with E-state index in [9.17, 15) is 9.59 Å². The molecule has 2 unspecified atom stereocenters. The Morgan fingerprint density at radius 3 is 2.57 bits per heavy atom. The minimum atomic E-state index is -0.488. The van der Waals surface area contributed by atoms with Gasteiger partial charge in [0.1, 0.15) is 11.7 Å². The van der Waals surface area contributed by atoms with Gasteiger partial charge in [0.15, 0.2) is 0 Å². The largest absolute Gasteiger partial charge is 0.444 e. The molecule has 1 aromatic carbocycles. The molecule has 8 nitrogen and oxygen atoms in total. The van der Waals surface area contributed by atoms with Gasteiger partial charge in [-0.25, -0.2) is 9.59 Å². The normalized spacial score (nSPS) is 19.5. The van der Waals surface area contributed by atoms with Crippen molar-refractivity contribution in [2.45, 2.75) is 51.7 Å². The summed E-state index contributed by atoms with van der Waals surface area (Å²) in [6, 6.07) is 6.06. The van der Waals surface area contributed by atoms with Crippen LogP contribution in [-0.2, 0) is 22.3 Å². The van der Waals surface area contributed by atoms with Gasteiger partial charge in [0.2, 0.25) is 0 Å². The number of carbonyl (C=O) groups is 2. The zero-order valence-corrected chi connectivity index (χ0v) is 19.4. The fourth-order valence-electron chi connectivity index (χ4n) is 3.45. The average molecular weight is 439 g/mol. The van der Waals surface area contributed by atoms with Gasteiger partial charge in [-0.15, -0.1) is 0 Å². The zero-order valence-electron chi connectivity index (χ0n) is 18.4. The highest BCUT2D eigenvalue weighted by molar-refractivity contribution is 7.34. The van der Waals surface area contributed by atoms with Crippen LogP contribution in [-0.4, -0.2) is 61.6 Å². The Balaban J connectivity index is 0.00000101. The monoisotopic (exact) mass is 438 g/mol. The number of aryl methyl sites for hydroxylation is 1. The summed E-state index contributed by atoms with van der Waals surface area (Å²) in [7, 11) is 0.583. The summed E-state index contributed by atoms with van der Waals surface area (Å²) >= 11 is 0. The molecule has 0 saturated carbocycles. The Kier molecular flexibility index (Phi) is 8.89. The Labute approximate surface area is 181 Å². The van der Waals surface area contributed by atoms with Crippen LogP contribution in [0.2, 0.25) is 0 Å². The van der Waals surface area contributed by atoms with E-state index in [0.717, 1.165) is 24.9 Å². The molecular formula is C21H35N4O4P. The highest BCUT2D eigenvalue weighted by Crippen LogP contribution is 2.27. The van der Waals surface area contributed by atoms with Gasteiger partial charge in [-0.05, 0) is 70.0 Å². The van der Waals surface area contributed by atoms with Gasteiger partial charge in [-0.3, -0.25) is 4.90 Å². The summed E-state index contributed by atoms with van der Waals surface area (Å²) in [6.45, 7) is 9.68. The molecule has 2 aliphatic heterocycles. The van der Waals surface area contributed by atoms with Crippen molar-refractivity contribution in [3.63, 3.8) is 0 Å². The van der Waals surface area contributed by atoms with E-state index in [4.69, 9.17) is 20.7 Å². The summed E-state index contributed by atoms with van der Waals surface area (Å²) in [6.07, 6.45) is 1.63. The molecule has 1 saturated heterocycles. The van der Waals surface area contributed by atoms with Gasteiger partial charge >= 0.3 is 12.2 Å². The maximum Gasteiger partial charge on any atom is 0.414 e. The Hall–Kier alpha value is -1.89. The fourth-order valence-corrected chi connectivity index (χ4v) is 3.45. The molecule has 0 aromatic heterocycles. The van der Waals surface area contributed by atoms with Crippen molar-refractivity contribution < 1.29 is 19.1 Å². The number of hydrogen-bond donors (Lipinski definition) is 2. The first-order chi connectivity index (χ1) is 14.2. The van der Waals surface area contributed by atoms with Crippen molar-refractivity contribution in [3.8, 4) is 0 Å². The van der Waals surface area contributed by atoms with E-state index in [0.29, 0.717) is 34.9 Å². The van der Waals surface area contributed by atoms with Crippen molar-refractivity contribution >= 4 is 26.6 Å². The smallest absolute Gasteiger partial charge is 0.414 e. The molecular weight excluding hydrogens is 403 g/mol. The van der Waals surface area contributed by atoms with Crippen molar-refractivity contribution in [2.24, 2.45) is 11.2 Å². The van der Waals surface area contributed by atoms with Crippen LogP contribution in [0, 0.1) is 0 Å². The van der Waals surface area contributed by atoms with Crippen LogP contribution in [0.1, 0.15) is 38.3 Å². The van der Waals surface area contributed by atoms with Crippen molar-refractivity contribution in [3.05, 3.63) is 29.3 Å². The molecule has 2 aliphatic rings. The topological polar surface area (TPSA) is 111 Å². The molecule has 0 radical (unpaired) electrons. The van der Waals surface area contributed by atoms with Crippen LogP contribution in [0.25, 0.3) is 0 Å². The molecule has 9 heteroatoms. The van der Waals surface area contributed by atoms with Gasteiger partial charge in [0, 0.05) is 25.3 Å². The molecule has 0 spiro atoms. The number of hydrogen-bond acceptors (Lipinski definition) is 6. The lowest BCUT2D eigenvalue weighted by Crippen LogP contribution is -2.39. The minimum Gasteiger partial charge on any atom is -0.444 e. The third-order valence-corrected chi connectivity index (χ3v) is 4.82. The minimum absolute atomic E-state index is 0.248. The summed E-state index contributed by atoms with van der Waals surface area (Å²) in [5.74, 6) is 0. The van der Waals surface area contributed by atoms with Crippen LogP contribution >= 0.6 is 8.73 Å². The molecule has 1 aromatic rings. The Bertz CT molecular complexity index is 738. The first kappa shape index (κ1) is 24.4. The van der Waals surface area contributed by atoms with E-state index in [-0.39, 0.29) is 18.3 Å². The Morgan fingerprint density at radius 2 is 1.97 bits per heavy atom. The van der Waals surface area contributed by atoms with Gasteiger partial charge in [-0.2, -0.15) is 0 Å². The first-order valence-electron chi connectivity index (χ1n) is 10.3. The predicted molar refractivity (Wildman–Crippen MR) is 121 cm³/mol. The van der Waals surface area contributed by atoms with Crippen molar-refractivity contribution in [1.82, 2.24) is 4.90 Å². The summed E-state index contributed by atoms with van der Waals surface area (Å²) in [5, 5.41) is 0. The molecule has 3 rings (SSSR count). The number of nitrogens with two attached hydrogens (primary N) is 2. The highest BCUT2D eigenvalue weighted by atomic mass is 31.1. The van der Waals surface area contributed by atoms with Crippen molar-refractivity contribution in [2.75, 3.05) is 37.7 Å². The molecule has 2 atom stereocenters. The molecule has 0 aliphatic carbocycles. The van der Waals surface area contributed by atoms with Crippen LogP contribution in [0.5, 0.6) is 0 Å². The van der Waals surface area contributed by atoms with E-state index in [2.05, 4.69) is 6.07 Å². The van der Waals surface area contributed by atoms with E-state index in [1.165, 1.54) is 11.1 Å². The molecule has 4 N–H and O–H groups in total. The maximum absolute atomic E-state index is 12.3. The second kappa shape index (κ2) is 10.9. The van der Waals surface area contributed by atoms with Gasteiger partial charge in [-0.1, -0.05) is 14.8 Å². The number of benzene rings is 1. The molecule has 1 fully saturated rings. The first-order valence-corrected chi connectivity index (χ1v) is 11.9. The molecule has 30 heavy (non-hydrogen) atoms. The number of cyclic esters (lactones) is 1. The summed E-state index contributed by atoms with van der Waals surface area (Å²) in [5.41, 5.74) is 13.3. The van der Waals surface area contributed by atoms with E-state index in [1.54, 1.807) is 9.80 Å². The second-order valence-electron chi connectivity index (χ2n) is 8.41. The number of anilines is 1. The van der Waals surface area contributed by atoms with Crippen LogP contribution in [0.3, 0.4) is 0 Å². The summed E-state index contributed by atoms with van der Waals surface area (Å²) in [4.78, 5) is 27.8. The highest BCUT2D eigenvalue weighted by Gasteiger charge is 2.32. The lowest BCUT2D eigenvalue weighted by Gasteiger charge is -2.29. The molecule has 168 valence electrons. The number of nitrogens with zero attached hydrogens (tertiary/aromatic N) is 2. The lowest BCUT2D eigenvalue weighted by atomic mass is 9.97. The third kappa shape index (κ3) is 6.83. The number of carbonyl (C=O) groups excluding carboxylic acids is 2. The van der Waals surface area contributed by atoms with Gasteiger partial charge < -0.3 is 25.6 Å². The van der Waals surface area contributed by atoms with E-state index in [1.807, 2.05) is 39.6 Å². The second-order valence-corrected chi connectivity index (χ2v) is 8.99. The Morgan fingerprint density at radius 1 is 1.27 bits per heavy atom. The molecule has 2 heterocycles. The SMILES string of the molecule is CC(C)(C)OC(=O)N1CCCc2cc(N3CC(CN)OC3=O)ccc2CC1.CPN. The van der Waals surface area contributed by atoms with Gasteiger partial charge in [0.05, 0.1) is 6.54 Å². The number of rotatable bonds is 2. The fraction of sp³-hybridized carbons (Fsp3) is 0.619. The van der Waals surface area contributed by atoms with Crippen LogP contribution in [0.4, 0.5) is 15.3 Å². The van der Waals surface area contributed by atoms with Gasteiger partial charge in [0.25, 0.3) is 0 Å². The molecule has 2 amide bonds. The standard InChI is InChI=1S/C20H29N3O4.CH6NP/c1-20(2,3)27-18(24)22-9-4-5-15-11-16(7-6-14(15)8-10-22)23-13-17(12-21)26-19(23)25;1-3-2/h6-7,11,17H,4-5,8-10,12-13,21H2,1-3H3;3H,2H2,1H3. The maximum atomic E-state index is 12.3. The molecule has 0 bridgehead atoms. The quantitative estimate of drug-likeness (QED) is 0.687. The number of fused-ring (bicyclic) bond motifs is 1.